The van der Waals surface area contributed by atoms with Crippen LogP contribution in [0.25, 0.3) is 0 Å². The SMILES string of the molecule is COC1CN(C(=O)c2cnc[nH]2)C1. The van der Waals surface area contributed by atoms with Crippen molar-refractivity contribution in [3.05, 3.63) is 18.2 Å². The van der Waals surface area contributed by atoms with Crippen molar-refractivity contribution in [2.75, 3.05) is 20.2 Å². The highest BCUT2D eigenvalue weighted by atomic mass is 16.5. The highest BCUT2D eigenvalue weighted by Crippen LogP contribution is 2.13. The maximum Gasteiger partial charge on any atom is 0.272 e. The first kappa shape index (κ1) is 8.25. The Labute approximate surface area is 75.7 Å². The Balaban J connectivity index is 1.94. The van der Waals surface area contributed by atoms with Gasteiger partial charge in [0.1, 0.15) is 5.69 Å². The topological polar surface area (TPSA) is 58.2 Å². The van der Waals surface area contributed by atoms with E-state index >= 15 is 0 Å². The van der Waals surface area contributed by atoms with E-state index in [2.05, 4.69) is 9.97 Å². The molecule has 1 amide bonds. The van der Waals surface area contributed by atoms with Crippen LogP contribution in [0.1, 0.15) is 10.5 Å². The van der Waals surface area contributed by atoms with Crippen LogP contribution in [0.4, 0.5) is 0 Å². The highest BCUT2D eigenvalue weighted by Gasteiger charge is 2.31. The summed E-state index contributed by atoms with van der Waals surface area (Å²) in [4.78, 5) is 19.8. The molecule has 1 aromatic rings. The number of aromatic nitrogens is 2. The molecular formula is C8H11N3O2. The van der Waals surface area contributed by atoms with Crippen LogP contribution in [0.2, 0.25) is 0 Å². The molecule has 1 aliphatic rings. The van der Waals surface area contributed by atoms with Gasteiger partial charge in [-0.2, -0.15) is 0 Å². The van der Waals surface area contributed by atoms with Crippen LogP contribution >= 0.6 is 0 Å². The van der Waals surface area contributed by atoms with Gasteiger partial charge in [0.15, 0.2) is 0 Å². The number of hydrogen-bond donors (Lipinski definition) is 1. The van der Waals surface area contributed by atoms with E-state index in [1.165, 1.54) is 12.5 Å². The van der Waals surface area contributed by atoms with Gasteiger partial charge in [-0.3, -0.25) is 4.79 Å². The standard InChI is InChI=1S/C8H11N3O2/c1-13-6-3-11(4-6)8(12)7-2-9-5-10-7/h2,5-6H,3-4H2,1H3,(H,9,10). The van der Waals surface area contributed by atoms with Crippen LogP contribution in [0.15, 0.2) is 12.5 Å². The molecule has 13 heavy (non-hydrogen) atoms. The minimum absolute atomic E-state index is 0.00852. The predicted octanol–water partition coefficient (Wildman–Crippen LogP) is -0.120. The third kappa shape index (κ3) is 1.42. The van der Waals surface area contributed by atoms with Gasteiger partial charge in [0, 0.05) is 20.2 Å². The number of methoxy groups -OCH3 is 1. The largest absolute Gasteiger partial charge is 0.378 e. The quantitative estimate of drug-likeness (QED) is 0.692. The molecule has 5 heteroatoms. The summed E-state index contributed by atoms with van der Waals surface area (Å²) in [7, 11) is 1.66. The molecule has 0 unspecified atom stereocenters. The van der Waals surface area contributed by atoms with Gasteiger partial charge >= 0.3 is 0 Å². The number of nitrogens with one attached hydrogen (secondary N) is 1. The number of carbonyl (C=O) groups excluding carboxylic acids is 1. The molecule has 0 atom stereocenters. The molecule has 5 nitrogen and oxygen atoms in total. The zero-order valence-corrected chi connectivity index (χ0v) is 7.36. The summed E-state index contributed by atoms with van der Waals surface area (Å²) in [6, 6.07) is 0. The molecular weight excluding hydrogens is 170 g/mol. The lowest BCUT2D eigenvalue weighted by Crippen LogP contribution is -2.54. The molecule has 70 valence electrons. The van der Waals surface area contributed by atoms with E-state index in [0.717, 1.165) is 0 Å². The fourth-order valence-electron chi connectivity index (χ4n) is 1.30. The van der Waals surface area contributed by atoms with Crippen molar-refractivity contribution in [1.82, 2.24) is 14.9 Å². The summed E-state index contributed by atoms with van der Waals surface area (Å²) in [6.07, 6.45) is 3.23. The van der Waals surface area contributed by atoms with Crippen molar-refractivity contribution >= 4 is 5.91 Å². The molecule has 0 spiro atoms. The van der Waals surface area contributed by atoms with Crippen molar-refractivity contribution in [3.63, 3.8) is 0 Å². The van der Waals surface area contributed by atoms with Gasteiger partial charge in [-0.1, -0.05) is 0 Å². The van der Waals surface area contributed by atoms with E-state index in [1.807, 2.05) is 0 Å². The normalized spacial score (nSPS) is 17.2. The third-order valence-electron chi connectivity index (χ3n) is 2.20. The monoisotopic (exact) mass is 181 g/mol. The van der Waals surface area contributed by atoms with E-state index in [0.29, 0.717) is 18.8 Å². The summed E-state index contributed by atoms with van der Waals surface area (Å²) in [5.74, 6) is -0.00852. The van der Waals surface area contributed by atoms with Crippen LogP contribution < -0.4 is 0 Å². The summed E-state index contributed by atoms with van der Waals surface area (Å²) in [5.41, 5.74) is 0.537. The van der Waals surface area contributed by atoms with Gasteiger partial charge in [-0.25, -0.2) is 4.98 Å². The van der Waals surface area contributed by atoms with Crippen molar-refractivity contribution in [1.29, 1.82) is 0 Å². The fraction of sp³-hybridized carbons (Fsp3) is 0.500. The van der Waals surface area contributed by atoms with E-state index in [4.69, 9.17) is 4.74 Å². The average molecular weight is 181 g/mol. The molecule has 0 aliphatic carbocycles. The molecule has 0 bridgehead atoms. The first-order chi connectivity index (χ1) is 6.31. The van der Waals surface area contributed by atoms with Gasteiger partial charge in [0.25, 0.3) is 5.91 Å². The molecule has 1 aromatic heterocycles. The minimum Gasteiger partial charge on any atom is -0.378 e. The first-order valence-corrected chi connectivity index (χ1v) is 4.11. The van der Waals surface area contributed by atoms with Crippen LogP contribution in [0.3, 0.4) is 0 Å². The maximum absolute atomic E-state index is 11.5. The number of rotatable bonds is 2. The van der Waals surface area contributed by atoms with Crippen molar-refractivity contribution in [2.45, 2.75) is 6.10 Å². The lowest BCUT2D eigenvalue weighted by Gasteiger charge is -2.37. The van der Waals surface area contributed by atoms with Crippen molar-refractivity contribution < 1.29 is 9.53 Å². The Bertz CT molecular complexity index is 290. The van der Waals surface area contributed by atoms with Crippen molar-refractivity contribution in [3.8, 4) is 0 Å². The average Bonchev–Trinajstić information content (AvgIpc) is 2.53. The molecule has 0 saturated carbocycles. The number of imidazole rings is 1. The molecule has 0 radical (unpaired) electrons. The van der Waals surface area contributed by atoms with Gasteiger partial charge in [0.05, 0.1) is 18.6 Å². The van der Waals surface area contributed by atoms with E-state index < -0.39 is 0 Å². The third-order valence-corrected chi connectivity index (χ3v) is 2.20. The van der Waals surface area contributed by atoms with Crippen LogP contribution in [0, 0.1) is 0 Å². The minimum atomic E-state index is -0.00852. The highest BCUT2D eigenvalue weighted by molar-refractivity contribution is 5.92. The molecule has 1 fully saturated rings. The summed E-state index contributed by atoms with van der Waals surface area (Å²) >= 11 is 0. The number of carbonyl (C=O) groups is 1. The number of H-pyrrole nitrogens is 1. The number of aromatic amines is 1. The van der Waals surface area contributed by atoms with Crippen LogP contribution in [0.5, 0.6) is 0 Å². The lowest BCUT2D eigenvalue weighted by atomic mass is 10.1. The Kier molecular flexibility index (Phi) is 2.02. The zero-order valence-electron chi connectivity index (χ0n) is 7.36. The Hall–Kier alpha value is -1.36. The van der Waals surface area contributed by atoms with Gasteiger partial charge in [0.2, 0.25) is 0 Å². The summed E-state index contributed by atoms with van der Waals surface area (Å²) in [5, 5.41) is 0. The van der Waals surface area contributed by atoms with Gasteiger partial charge < -0.3 is 14.6 Å². The molecule has 1 aliphatic heterocycles. The number of hydrogen-bond acceptors (Lipinski definition) is 3. The molecule has 1 saturated heterocycles. The van der Waals surface area contributed by atoms with Gasteiger partial charge in [-0.15, -0.1) is 0 Å². The number of ether oxygens (including phenoxy) is 1. The Morgan fingerprint density at radius 2 is 2.54 bits per heavy atom. The predicted molar refractivity (Wildman–Crippen MR) is 45.3 cm³/mol. The van der Waals surface area contributed by atoms with Crippen LogP contribution in [-0.2, 0) is 4.74 Å². The number of amides is 1. The molecule has 0 aromatic carbocycles. The second-order valence-electron chi connectivity index (χ2n) is 3.03. The first-order valence-electron chi connectivity index (χ1n) is 4.11. The van der Waals surface area contributed by atoms with Gasteiger partial charge in [-0.05, 0) is 0 Å². The molecule has 2 rings (SSSR count). The number of nitrogens with zero attached hydrogens (tertiary/aromatic N) is 2. The molecule has 1 N–H and O–H groups in total. The maximum atomic E-state index is 11.5. The van der Waals surface area contributed by atoms with E-state index in [-0.39, 0.29) is 12.0 Å². The second-order valence-corrected chi connectivity index (χ2v) is 3.03. The number of likely N-dealkylation sites (tertiary alicyclic amines) is 1. The summed E-state index contributed by atoms with van der Waals surface area (Å²) in [6.45, 7) is 1.35. The van der Waals surface area contributed by atoms with E-state index in [1.54, 1.807) is 12.0 Å². The second kappa shape index (κ2) is 3.18. The molecule has 2 heterocycles. The lowest BCUT2D eigenvalue weighted by molar-refractivity contribution is -0.0194. The van der Waals surface area contributed by atoms with E-state index in [9.17, 15) is 4.79 Å². The summed E-state index contributed by atoms with van der Waals surface area (Å²) < 4.78 is 5.06. The fourth-order valence-corrected chi connectivity index (χ4v) is 1.30. The smallest absolute Gasteiger partial charge is 0.272 e. The Morgan fingerprint density at radius 1 is 1.77 bits per heavy atom. The van der Waals surface area contributed by atoms with Crippen molar-refractivity contribution in [2.24, 2.45) is 0 Å². The zero-order chi connectivity index (χ0) is 9.26. The van der Waals surface area contributed by atoms with Crippen LogP contribution in [-0.4, -0.2) is 47.1 Å². The Morgan fingerprint density at radius 3 is 3.08 bits per heavy atom.